The van der Waals surface area contributed by atoms with Crippen LogP contribution in [0.5, 0.6) is 0 Å². The van der Waals surface area contributed by atoms with E-state index >= 15 is 0 Å². The molecule has 4 nitrogen and oxygen atoms in total. The number of pyridine rings is 1. The van der Waals surface area contributed by atoms with Crippen LogP contribution in [0.1, 0.15) is 12.8 Å². The topological polar surface area (TPSA) is 56.9 Å². The van der Waals surface area contributed by atoms with Gasteiger partial charge in [-0.05, 0) is 42.5 Å². The zero-order valence-electron chi connectivity index (χ0n) is 10.9. The van der Waals surface area contributed by atoms with E-state index in [2.05, 4.69) is 27.5 Å². The molecule has 3 heterocycles. The molecule has 3 N–H and O–H groups in total. The van der Waals surface area contributed by atoms with Gasteiger partial charge < -0.3 is 10.3 Å². The molecule has 4 rings (SSSR count). The first-order chi connectivity index (χ1) is 9.78. The first kappa shape index (κ1) is 11.6. The van der Waals surface area contributed by atoms with Crippen LogP contribution < -0.4 is 16.2 Å². The summed E-state index contributed by atoms with van der Waals surface area (Å²) >= 11 is 0. The Morgan fingerprint density at radius 2 is 1.95 bits per heavy atom. The Kier molecular flexibility index (Phi) is 2.54. The summed E-state index contributed by atoms with van der Waals surface area (Å²) in [5.41, 5.74) is 1.02. The Bertz CT molecular complexity index is 767. The molecule has 0 spiro atoms. The molecule has 1 aromatic heterocycles. The molecule has 2 aliphatic rings. The average Bonchev–Trinajstić information content (AvgIpc) is 2.78. The summed E-state index contributed by atoms with van der Waals surface area (Å²) in [5, 5.41) is 8.69. The number of benzene rings is 1. The number of anilines is 1. The number of nitrogens with one attached hydrogen (secondary N) is 3. The summed E-state index contributed by atoms with van der Waals surface area (Å²) in [6.45, 7) is 0. The van der Waals surface area contributed by atoms with Crippen LogP contribution in [0.2, 0.25) is 0 Å². The zero-order chi connectivity index (χ0) is 13.5. The van der Waals surface area contributed by atoms with Gasteiger partial charge in [0.15, 0.2) is 0 Å². The maximum atomic E-state index is 11.7. The highest BCUT2D eigenvalue weighted by molar-refractivity contribution is 5.84. The molecule has 0 radical (unpaired) electrons. The molecule has 4 heteroatoms. The lowest BCUT2D eigenvalue weighted by Crippen LogP contribution is -2.44. The third-order valence-electron chi connectivity index (χ3n) is 4.02. The first-order valence-corrected chi connectivity index (χ1v) is 6.93. The van der Waals surface area contributed by atoms with Crippen molar-refractivity contribution in [3.8, 4) is 11.8 Å². The molecule has 0 saturated carbocycles. The molecule has 2 aromatic rings. The van der Waals surface area contributed by atoms with E-state index in [0.29, 0.717) is 18.1 Å². The van der Waals surface area contributed by atoms with Crippen LogP contribution in [0.15, 0.2) is 35.3 Å². The van der Waals surface area contributed by atoms with Crippen LogP contribution in [0.4, 0.5) is 5.69 Å². The molecule has 2 aliphatic heterocycles. The molecule has 100 valence electrons. The van der Waals surface area contributed by atoms with Gasteiger partial charge in [0.05, 0.1) is 12.1 Å². The van der Waals surface area contributed by atoms with Gasteiger partial charge in [0, 0.05) is 23.3 Å². The van der Waals surface area contributed by atoms with Crippen LogP contribution >= 0.6 is 0 Å². The summed E-state index contributed by atoms with van der Waals surface area (Å²) < 4.78 is 0. The van der Waals surface area contributed by atoms with Gasteiger partial charge in [-0.2, -0.15) is 0 Å². The van der Waals surface area contributed by atoms with E-state index in [1.165, 1.54) is 0 Å². The zero-order valence-corrected chi connectivity index (χ0v) is 10.9. The van der Waals surface area contributed by atoms with E-state index < -0.39 is 0 Å². The van der Waals surface area contributed by atoms with Crippen LogP contribution in [-0.4, -0.2) is 23.1 Å². The third-order valence-corrected chi connectivity index (χ3v) is 4.02. The van der Waals surface area contributed by atoms with E-state index in [0.717, 1.165) is 29.3 Å². The van der Waals surface area contributed by atoms with Crippen LogP contribution in [-0.2, 0) is 0 Å². The highest BCUT2D eigenvalue weighted by Crippen LogP contribution is 2.23. The third kappa shape index (κ3) is 1.97. The molecule has 1 aromatic carbocycles. The molecule has 1 saturated heterocycles. The SMILES string of the molecule is O=c1[nH]ccc2cc(NC3CC4C#C[C@H](C3)N4)ccc12. The smallest absolute Gasteiger partial charge is 0.255 e. The molecule has 2 unspecified atom stereocenters. The molecule has 1 fully saturated rings. The molecule has 0 aliphatic carbocycles. The number of H-pyrrole nitrogens is 1. The van der Waals surface area contributed by atoms with Crippen LogP contribution in [0, 0.1) is 11.8 Å². The summed E-state index contributed by atoms with van der Waals surface area (Å²) in [6.07, 6.45) is 3.74. The number of fused-ring (bicyclic) bond motifs is 3. The van der Waals surface area contributed by atoms with E-state index in [9.17, 15) is 4.79 Å². The molecular formula is C16H15N3O. The standard InChI is InChI=1S/C16H15N3O/c20-16-15-4-3-11(7-10(15)5-6-17-16)19-14-8-12-1-2-13(9-14)18-12/h3-7,12-14,18-19H,8-9H2,(H,17,20)/t12-,13?,14?/m1/s1. The number of piperidine rings is 1. The second-order valence-electron chi connectivity index (χ2n) is 5.48. The molecule has 3 atom stereocenters. The van der Waals surface area contributed by atoms with Gasteiger partial charge in [-0.25, -0.2) is 0 Å². The van der Waals surface area contributed by atoms with Gasteiger partial charge >= 0.3 is 0 Å². The highest BCUT2D eigenvalue weighted by Gasteiger charge is 2.29. The minimum atomic E-state index is -0.0395. The predicted molar refractivity (Wildman–Crippen MR) is 79.7 cm³/mol. The van der Waals surface area contributed by atoms with Crippen molar-refractivity contribution >= 4 is 16.5 Å². The number of aromatic amines is 1. The quantitative estimate of drug-likeness (QED) is 0.720. The summed E-state index contributed by atoms with van der Waals surface area (Å²) in [5.74, 6) is 6.45. The normalized spacial score (nSPS) is 27.1. The molecular weight excluding hydrogens is 250 g/mol. The molecule has 2 bridgehead atoms. The van der Waals surface area contributed by atoms with Gasteiger partial charge in [-0.1, -0.05) is 11.8 Å². The molecule has 0 amide bonds. The maximum Gasteiger partial charge on any atom is 0.255 e. The Morgan fingerprint density at radius 3 is 2.75 bits per heavy atom. The van der Waals surface area contributed by atoms with Crippen molar-refractivity contribution in [1.82, 2.24) is 10.3 Å². The predicted octanol–water partition coefficient (Wildman–Crippen LogP) is 1.45. The van der Waals surface area contributed by atoms with Crippen molar-refractivity contribution in [3.63, 3.8) is 0 Å². The van der Waals surface area contributed by atoms with Gasteiger partial charge in [-0.15, -0.1) is 0 Å². The highest BCUT2D eigenvalue weighted by atomic mass is 16.1. The second-order valence-corrected chi connectivity index (χ2v) is 5.48. The largest absolute Gasteiger partial charge is 0.382 e. The van der Waals surface area contributed by atoms with E-state index in [4.69, 9.17) is 0 Å². The fourth-order valence-electron chi connectivity index (χ4n) is 3.08. The lowest BCUT2D eigenvalue weighted by atomic mass is 9.98. The fourth-order valence-corrected chi connectivity index (χ4v) is 3.08. The number of hydrogen-bond donors (Lipinski definition) is 3. The molecule has 20 heavy (non-hydrogen) atoms. The Morgan fingerprint density at radius 1 is 1.15 bits per heavy atom. The van der Waals surface area contributed by atoms with Crippen LogP contribution in [0.3, 0.4) is 0 Å². The van der Waals surface area contributed by atoms with Gasteiger partial charge in [0.2, 0.25) is 0 Å². The number of rotatable bonds is 2. The lowest BCUT2D eigenvalue weighted by Gasteiger charge is -2.29. The maximum absolute atomic E-state index is 11.7. The lowest BCUT2D eigenvalue weighted by molar-refractivity contribution is 0.402. The summed E-state index contributed by atoms with van der Waals surface area (Å²) in [7, 11) is 0. The first-order valence-electron chi connectivity index (χ1n) is 6.93. The van der Waals surface area contributed by atoms with Crippen molar-refractivity contribution < 1.29 is 0 Å². The van der Waals surface area contributed by atoms with Gasteiger partial charge in [0.1, 0.15) is 0 Å². The monoisotopic (exact) mass is 265 g/mol. The van der Waals surface area contributed by atoms with Crippen LogP contribution in [0.25, 0.3) is 10.8 Å². The van der Waals surface area contributed by atoms with Crippen molar-refractivity contribution in [2.24, 2.45) is 0 Å². The van der Waals surface area contributed by atoms with Gasteiger partial charge in [-0.3, -0.25) is 10.1 Å². The summed E-state index contributed by atoms with van der Waals surface area (Å²) in [4.78, 5) is 14.4. The Hall–Kier alpha value is -2.25. The van der Waals surface area contributed by atoms with Crippen molar-refractivity contribution in [3.05, 3.63) is 40.8 Å². The van der Waals surface area contributed by atoms with Crippen molar-refractivity contribution in [2.45, 2.75) is 31.0 Å². The van der Waals surface area contributed by atoms with Crippen molar-refractivity contribution in [2.75, 3.05) is 5.32 Å². The van der Waals surface area contributed by atoms with Gasteiger partial charge in [0.25, 0.3) is 5.56 Å². The van der Waals surface area contributed by atoms with E-state index in [1.54, 1.807) is 6.20 Å². The number of aromatic nitrogens is 1. The second kappa shape index (κ2) is 4.39. The van der Waals surface area contributed by atoms with Crippen molar-refractivity contribution in [1.29, 1.82) is 0 Å². The minimum absolute atomic E-state index is 0.0395. The van der Waals surface area contributed by atoms with E-state index in [-0.39, 0.29) is 5.56 Å². The fraction of sp³-hybridized carbons (Fsp3) is 0.312. The summed E-state index contributed by atoms with van der Waals surface area (Å²) in [6, 6.07) is 8.90. The number of hydrogen-bond acceptors (Lipinski definition) is 3. The Labute approximate surface area is 116 Å². The minimum Gasteiger partial charge on any atom is -0.382 e. The average molecular weight is 265 g/mol. The Balaban J connectivity index is 1.59. The van der Waals surface area contributed by atoms with E-state index in [1.807, 2.05) is 24.3 Å².